The number of halogens is 1. The molecule has 6 nitrogen and oxygen atoms in total. The van der Waals surface area contributed by atoms with Gasteiger partial charge in [-0.25, -0.2) is 4.39 Å². The summed E-state index contributed by atoms with van der Waals surface area (Å²) in [6.07, 6.45) is 3.66. The van der Waals surface area contributed by atoms with Crippen molar-refractivity contribution < 1.29 is 13.6 Å². The van der Waals surface area contributed by atoms with Gasteiger partial charge in [-0.2, -0.15) is 0 Å². The Balaban J connectivity index is 1.55. The van der Waals surface area contributed by atoms with E-state index in [-0.39, 0.29) is 11.5 Å². The Kier molecular flexibility index (Phi) is 4.37. The number of hydrogen-bond acceptors (Lipinski definition) is 5. The predicted molar refractivity (Wildman–Crippen MR) is 80.0 cm³/mol. The number of pyridine rings is 1. The molecule has 1 amide bonds. The Morgan fingerprint density at radius 3 is 2.78 bits per heavy atom. The minimum atomic E-state index is -0.448. The van der Waals surface area contributed by atoms with Gasteiger partial charge in [0.2, 0.25) is 11.8 Å². The van der Waals surface area contributed by atoms with Crippen molar-refractivity contribution in [3.05, 3.63) is 66.1 Å². The van der Waals surface area contributed by atoms with Crippen molar-refractivity contribution in [3.8, 4) is 11.5 Å². The number of nitrogens with zero attached hydrogens (tertiary/aromatic N) is 3. The van der Waals surface area contributed by atoms with Crippen LogP contribution in [0.15, 0.2) is 53.2 Å². The molecule has 1 aromatic carbocycles. The Morgan fingerprint density at radius 2 is 2.00 bits per heavy atom. The molecular formula is C16H13FN4O2. The summed E-state index contributed by atoms with van der Waals surface area (Å²) in [7, 11) is 0. The van der Waals surface area contributed by atoms with Crippen molar-refractivity contribution in [1.82, 2.24) is 20.5 Å². The third-order valence-electron chi connectivity index (χ3n) is 3.11. The topological polar surface area (TPSA) is 80.9 Å². The van der Waals surface area contributed by atoms with E-state index in [0.29, 0.717) is 24.7 Å². The number of amides is 1. The SMILES string of the molecule is O=C(NCCc1nnc(-c2ccncc2)o1)c1cccc(F)c1. The van der Waals surface area contributed by atoms with Gasteiger partial charge in [-0.3, -0.25) is 9.78 Å². The van der Waals surface area contributed by atoms with Crippen LogP contribution in [0, 0.1) is 5.82 Å². The van der Waals surface area contributed by atoms with Gasteiger partial charge in [-0.1, -0.05) is 6.07 Å². The van der Waals surface area contributed by atoms with Gasteiger partial charge in [-0.15, -0.1) is 10.2 Å². The zero-order chi connectivity index (χ0) is 16.1. The smallest absolute Gasteiger partial charge is 0.251 e. The number of benzene rings is 1. The van der Waals surface area contributed by atoms with E-state index in [2.05, 4.69) is 20.5 Å². The molecule has 2 heterocycles. The molecule has 0 bridgehead atoms. The zero-order valence-electron chi connectivity index (χ0n) is 12.1. The van der Waals surface area contributed by atoms with Crippen LogP contribution in [0.2, 0.25) is 0 Å². The molecular weight excluding hydrogens is 299 g/mol. The maximum atomic E-state index is 13.1. The lowest BCUT2D eigenvalue weighted by Gasteiger charge is -2.03. The minimum absolute atomic E-state index is 0.271. The highest BCUT2D eigenvalue weighted by Gasteiger charge is 2.10. The van der Waals surface area contributed by atoms with Crippen molar-refractivity contribution in [2.24, 2.45) is 0 Å². The lowest BCUT2D eigenvalue weighted by molar-refractivity contribution is 0.0953. The lowest BCUT2D eigenvalue weighted by Crippen LogP contribution is -2.25. The molecule has 0 atom stereocenters. The number of carbonyl (C=O) groups excluding carboxylic acids is 1. The Bertz CT molecular complexity index is 805. The van der Waals surface area contributed by atoms with E-state index in [0.717, 1.165) is 5.56 Å². The second-order valence-corrected chi connectivity index (χ2v) is 4.75. The van der Waals surface area contributed by atoms with Gasteiger partial charge in [0.1, 0.15) is 5.82 Å². The number of hydrogen-bond donors (Lipinski definition) is 1. The Morgan fingerprint density at radius 1 is 1.17 bits per heavy atom. The van der Waals surface area contributed by atoms with Crippen LogP contribution < -0.4 is 5.32 Å². The maximum absolute atomic E-state index is 13.1. The van der Waals surface area contributed by atoms with Crippen LogP contribution >= 0.6 is 0 Å². The van der Waals surface area contributed by atoms with Gasteiger partial charge in [0.25, 0.3) is 5.91 Å². The van der Waals surface area contributed by atoms with Crippen LogP contribution in [0.4, 0.5) is 4.39 Å². The molecule has 0 saturated carbocycles. The van der Waals surface area contributed by atoms with Gasteiger partial charge in [-0.05, 0) is 30.3 Å². The van der Waals surface area contributed by atoms with Crippen LogP contribution in [-0.4, -0.2) is 27.6 Å². The molecule has 116 valence electrons. The number of carbonyl (C=O) groups is 1. The van der Waals surface area contributed by atoms with Crippen LogP contribution in [0.25, 0.3) is 11.5 Å². The molecule has 0 aliphatic carbocycles. The van der Waals surface area contributed by atoms with E-state index >= 15 is 0 Å². The molecule has 1 N–H and O–H groups in total. The molecule has 0 radical (unpaired) electrons. The lowest BCUT2D eigenvalue weighted by atomic mass is 10.2. The van der Waals surface area contributed by atoms with Crippen LogP contribution in [0.3, 0.4) is 0 Å². The first-order valence-electron chi connectivity index (χ1n) is 6.99. The fourth-order valence-corrected chi connectivity index (χ4v) is 1.98. The highest BCUT2D eigenvalue weighted by Crippen LogP contribution is 2.16. The standard InChI is InChI=1S/C16H13FN4O2/c17-13-3-1-2-12(10-13)15(22)19-9-6-14-20-21-16(23-14)11-4-7-18-8-5-11/h1-5,7-8,10H,6,9H2,(H,19,22). The van der Waals surface area contributed by atoms with E-state index in [1.807, 2.05) is 0 Å². The Hall–Kier alpha value is -3.09. The maximum Gasteiger partial charge on any atom is 0.251 e. The summed E-state index contributed by atoms with van der Waals surface area (Å²) in [5.41, 5.74) is 1.05. The quantitative estimate of drug-likeness (QED) is 0.781. The number of nitrogens with one attached hydrogen (secondary N) is 1. The number of aromatic nitrogens is 3. The highest BCUT2D eigenvalue weighted by molar-refractivity contribution is 5.94. The van der Waals surface area contributed by atoms with Crippen LogP contribution in [0.5, 0.6) is 0 Å². The summed E-state index contributed by atoms with van der Waals surface area (Å²) in [6, 6.07) is 9.04. The second-order valence-electron chi connectivity index (χ2n) is 4.75. The van der Waals surface area contributed by atoms with Crippen LogP contribution in [-0.2, 0) is 6.42 Å². The van der Waals surface area contributed by atoms with Gasteiger partial charge in [0.05, 0.1) is 0 Å². The van der Waals surface area contributed by atoms with Crippen molar-refractivity contribution in [2.75, 3.05) is 6.54 Å². The molecule has 7 heteroatoms. The van der Waals surface area contributed by atoms with Crippen LogP contribution in [0.1, 0.15) is 16.2 Å². The summed E-state index contributed by atoms with van der Waals surface area (Å²) in [6.45, 7) is 0.313. The summed E-state index contributed by atoms with van der Waals surface area (Å²) in [5.74, 6) is 0.0186. The molecule has 0 spiro atoms. The zero-order valence-corrected chi connectivity index (χ0v) is 12.1. The van der Waals surface area contributed by atoms with Gasteiger partial charge < -0.3 is 9.73 Å². The third-order valence-corrected chi connectivity index (χ3v) is 3.11. The average molecular weight is 312 g/mol. The van der Waals surface area contributed by atoms with E-state index in [1.165, 1.54) is 18.2 Å². The molecule has 0 unspecified atom stereocenters. The van der Waals surface area contributed by atoms with Crippen molar-refractivity contribution >= 4 is 5.91 Å². The molecule has 0 fully saturated rings. The molecule has 0 aliphatic rings. The van der Waals surface area contributed by atoms with Gasteiger partial charge in [0, 0.05) is 36.5 Å². The van der Waals surface area contributed by atoms with E-state index in [4.69, 9.17) is 4.42 Å². The van der Waals surface area contributed by atoms with E-state index in [9.17, 15) is 9.18 Å². The molecule has 0 aliphatic heterocycles. The summed E-state index contributed by atoms with van der Waals surface area (Å²) in [4.78, 5) is 15.8. The third kappa shape index (κ3) is 3.76. The number of rotatable bonds is 5. The van der Waals surface area contributed by atoms with Crippen molar-refractivity contribution in [2.45, 2.75) is 6.42 Å². The fraction of sp³-hybridized carbons (Fsp3) is 0.125. The minimum Gasteiger partial charge on any atom is -0.421 e. The van der Waals surface area contributed by atoms with Crippen molar-refractivity contribution in [1.29, 1.82) is 0 Å². The normalized spacial score (nSPS) is 10.5. The summed E-state index contributed by atoms with van der Waals surface area (Å²) < 4.78 is 18.6. The summed E-state index contributed by atoms with van der Waals surface area (Å²) in [5, 5.41) is 10.6. The average Bonchev–Trinajstić information content (AvgIpc) is 3.04. The van der Waals surface area contributed by atoms with Crippen molar-refractivity contribution in [3.63, 3.8) is 0 Å². The van der Waals surface area contributed by atoms with Gasteiger partial charge >= 0.3 is 0 Å². The molecule has 0 saturated heterocycles. The first kappa shape index (κ1) is 14.8. The molecule has 2 aromatic heterocycles. The fourth-order valence-electron chi connectivity index (χ4n) is 1.98. The van der Waals surface area contributed by atoms with Gasteiger partial charge in [0.15, 0.2) is 0 Å². The molecule has 3 aromatic rings. The highest BCUT2D eigenvalue weighted by atomic mass is 19.1. The molecule has 23 heavy (non-hydrogen) atoms. The first-order valence-corrected chi connectivity index (χ1v) is 6.99. The largest absolute Gasteiger partial charge is 0.421 e. The second kappa shape index (κ2) is 6.78. The predicted octanol–water partition coefficient (Wildman–Crippen LogP) is 2.24. The monoisotopic (exact) mass is 312 g/mol. The molecule has 3 rings (SSSR count). The van der Waals surface area contributed by atoms with E-state index in [1.54, 1.807) is 30.6 Å². The van der Waals surface area contributed by atoms with E-state index < -0.39 is 5.82 Å². The Labute approximate surface area is 131 Å². The summed E-state index contributed by atoms with van der Waals surface area (Å²) >= 11 is 0. The first-order chi connectivity index (χ1) is 11.2.